The highest BCUT2D eigenvalue weighted by Gasteiger charge is 2.20. The number of carboxylic acid groups (broad SMARTS) is 1. The van der Waals surface area contributed by atoms with Crippen molar-refractivity contribution in [2.45, 2.75) is 19.4 Å². The van der Waals surface area contributed by atoms with Gasteiger partial charge in [0, 0.05) is 11.6 Å². The highest BCUT2D eigenvalue weighted by atomic mass is 16.5. The average molecular weight is 253 g/mol. The van der Waals surface area contributed by atoms with E-state index in [1.807, 2.05) is 0 Å². The van der Waals surface area contributed by atoms with Crippen LogP contribution in [0.3, 0.4) is 0 Å². The summed E-state index contributed by atoms with van der Waals surface area (Å²) >= 11 is 0. The van der Waals surface area contributed by atoms with Crippen LogP contribution in [0.4, 0.5) is 0 Å². The van der Waals surface area contributed by atoms with Crippen molar-refractivity contribution in [2.24, 2.45) is 5.73 Å². The van der Waals surface area contributed by atoms with Crippen molar-refractivity contribution in [3.63, 3.8) is 0 Å². The molecule has 1 atom stereocenters. The smallest absolute Gasteiger partial charge is 0.339 e. The number of phenols is 1. The topological polar surface area (TPSA) is 110 Å². The van der Waals surface area contributed by atoms with Crippen LogP contribution in [0.2, 0.25) is 0 Å². The number of methoxy groups -OCH3 is 1. The number of benzene rings is 1. The Kier molecular flexibility index (Phi) is 4.28. The van der Waals surface area contributed by atoms with Crippen molar-refractivity contribution in [1.82, 2.24) is 0 Å². The van der Waals surface area contributed by atoms with Crippen LogP contribution in [0.25, 0.3) is 0 Å². The molecule has 0 saturated heterocycles. The lowest BCUT2D eigenvalue weighted by Gasteiger charge is -2.15. The zero-order valence-electron chi connectivity index (χ0n) is 10.1. The molecule has 1 rings (SSSR count). The highest BCUT2D eigenvalue weighted by Crippen LogP contribution is 2.30. The number of hydrogen-bond acceptors (Lipinski definition) is 5. The summed E-state index contributed by atoms with van der Waals surface area (Å²) in [5.41, 5.74) is 6.38. The lowest BCUT2D eigenvalue weighted by Crippen LogP contribution is -2.17. The second kappa shape index (κ2) is 5.50. The Morgan fingerprint density at radius 2 is 2.06 bits per heavy atom. The Morgan fingerprint density at radius 1 is 1.44 bits per heavy atom. The molecular weight excluding hydrogens is 238 g/mol. The Bertz CT molecular complexity index is 484. The Balaban J connectivity index is 3.16. The lowest BCUT2D eigenvalue weighted by molar-refractivity contribution is -0.141. The first kappa shape index (κ1) is 14.0. The van der Waals surface area contributed by atoms with Gasteiger partial charge in [0.2, 0.25) is 0 Å². The number of aromatic hydroxyl groups is 1. The van der Waals surface area contributed by atoms with Crippen molar-refractivity contribution in [3.8, 4) is 5.75 Å². The quantitative estimate of drug-likeness (QED) is 0.689. The van der Waals surface area contributed by atoms with Crippen LogP contribution < -0.4 is 5.73 Å². The Hall–Kier alpha value is -2.08. The zero-order chi connectivity index (χ0) is 13.9. The van der Waals surface area contributed by atoms with Crippen LogP contribution in [-0.2, 0) is 9.53 Å². The van der Waals surface area contributed by atoms with Crippen molar-refractivity contribution >= 4 is 11.9 Å². The molecule has 6 heteroatoms. The second-order valence-electron chi connectivity index (χ2n) is 3.94. The molecule has 1 aromatic rings. The van der Waals surface area contributed by atoms with Gasteiger partial charge in [0.05, 0.1) is 13.5 Å². The summed E-state index contributed by atoms with van der Waals surface area (Å²) in [6.07, 6.45) is -0.132. The number of carbonyl (C=O) groups excluding carboxylic acids is 1. The van der Waals surface area contributed by atoms with Gasteiger partial charge in [0.15, 0.2) is 0 Å². The van der Waals surface area contributed by atoms with E-state index < -0.39 is 23.7 Å². The van der Waals surface area contributed by atoms with Crippen LogP contribution >= 0.6 is 0 Å². The maximum absolute atomic E-state index is 11.1. The number of rotatable bonds is 4. The maximum Gasteiger partial charge on any atom is 0.339 e. The Labute approximate surface area is 104 Å². The first-order valence-electron chi connectivity index (χ1n) is 5.26. The van der Waals surface area contributed by atoms with Crippen molar-refractivity contribution in [1.29, 1.82) is 0 Å². The highest BCUT2D eigenvalue weighted by molar-refractivity contribution is 5.91. The van der Waals surface area contributed by atoms with E-state index in [1.165, 1.54) is 13.2 Å². The summed E-state index contributed by atoms with van der Waals surface area (Å²) in [4.78, 5) is 22.0. The van der Waals surface area contributed by atoms with Crippen molar-refractivity contribution < 1.29 is 24.5 Å². The minimum atomic E-state index is -1.25. The number of nitrogens with two attached hydrogens (primary N) is 1. The molecule has 6 nitrogen and oxygen atoms in total. The molecule has 0 aliphatic rings. The van der Waals surface area contributed by atoms with Crippen LogP contribution in [0.1, 0.15) is 33.9 Å². The monoisotopic (exact) mass is 253 g/mol. The summed E-state index contributed by atoms with van der Waals surface area (Å²) < 4.78 is 4.47. The summed E-state index contributed by atoms with van der Waals surface area (Å²) in [7, 11) is 1.23. The van der Waals surface area contributed by atoms with Crippen molar-refractivity contribution in [3.05, 3.63) is 28.8 Å². The van der Waals surface area contributed by atoms with Gasteiger partial charge in [0.25, 0.3) is 0 Å². The SMILES string of the molecule is COC(=O)C[C@H](N)c1cc(C)cc(C(=O)O)c1O. The molecule has 4 N–H and O–H groups in total. The zero-order valence-corrected chi connectivity index (χ0v) is 10.1. The van der Waals surface area contributed by atoms with Gasteiger partial charge in [-0.25, -0.2) is 4.79 Å². The van der Waals surface area contributed by atoms with Crippen LogP contribution in [0.15, 0.2) is 12.1 Å². The first-order chi connectivity index (χ1) is 8.36. The molecule has 0 amide bonds. The van der Waals surface area contributed by atoms with Gasteiger partial charge in [-0.05, 0) is 18.6 Å². The minimum Gasteiger partial charge on any atom is -0.507 e. The fourth-order valence-corrected chi connectivity index (χ4v) is 1.63. The van der Waals surface area contributed by atoms with Crippen LogP contribution in [0, 0.1) is 6.92 Å². The first-order valence-corrected chi connectivity index (χ1v) is 5.26. The molecular formula is C12H15NO5. The second-order valence-corrected chi connectivity index (χ2v) is 3.94. The third kappa shape index (κ3) is 2.98. The molecule has 18 heavy (non-hydrogen) atoms. The number of esters is 1. The normalized spacial score (nSPS) is 11.9. The van der Waals surface area contributed by atoms with Gasteiger partial charge in [-0.15, -0.1) is 0 Å². The summed E-state index contributed by atoms with van der Waals surface area (Å²) in [5, 5.41) is 18.8. The number of aryl methyl sites for hydroxylation is 1. The number of carbonyl (C=O) groups is 2. The van der Waals surface area contributed by atoms with E-state index in [2.05, 4.69) is 4.74 Å². The molecule has 0 bridgehead atoms. The predicted octanol–water partition coefficient (Wildman–Crippen LogP) is 0.962. The van der Waals surface area contributed by atoms with Gasteiger partial charge in [-0.3, -0.25) is 4.79 Å². The molecule has 1 aromatic carbocycles. The van der Waals surface area contributed by atoms with E-state index >= 15 is 0 Å². The fraction of sp³-hybridized carbons (Fsp3) is 0.333. The van der Waals surface area contributed by atoms with E-state index in [4.69, 9.17) is 10.8 Å². The van der Waals surface area contributed by atoms with Gasteiger partial charge in [-0.2, -0.15) is 0 Å². The number of carboxylic acids is 1. The predicted molar refractivity (Wildman–Crippen MR) is 63.4 cm³/mol. The molecule has 98 valence electrons. The lowest BCUT2D eigenvalue weighted by atomic mass is 9.97. The van der Waals surface area contributed by atoms with E-state index in [9.17, 15) is 14.7 Å². The number of aromatic carboxylic acids is 1. The summed E-state index contributed by atoms with van der Waals surface area (Å²) in [5.74, 6) is -2.19. The van der Waals surface area contributed by atoms with E-state index in [-0.39, 0.29) is 17.5 Å². The van der Waals surface area contributed by atoms with Crippen molar-refractivity contribution in [2.75, 3.05) is 7.11 Å². The molecule has 0 spiro atoms. The average Bonchev–Trinajstić information content (AvgIpc) is 2.30. The molecule has 0 aliphatic heterocycles. The molecule has 0 radical (unpaired) electrons. The molecule has 0 unspecified atom stereocenters. The van der Waals surface area contributed by atoms with Crippen LogP contribution in [-0.4, -0.2) is 29.3 Å². The summed E-state index contributed by atoms with van der Waals surface area (Å²) in [6.45, 7) is 1.68. The third-order valence-electron chi connectivity index (χ3n) is 2.53. The number of hydrogen-bond donors (Lipinski definition) is 3. The minimum absolute atomic E-state index is 0.132. The van der Waals surface area contributed by atoms with E-state index in [0.717, 1.165) is 0 Å². The Morgan fingerprint density at radius 3 is 2.56 bits per heavy atom. The largest absolute Gasteiger partial charge is 0.507 e. The molecule has 0 heterocycles. The molecule has 0 aromatic heterocycles. The maximum atomic E-state index is 11.1. The summed E-state index contributed by atoms with van der Waals surface area (Å²) in [6, 6.07) is 2.08. The van der Waals surface area contributed by atoms with Gasteiger partial charge in [-0.1, -0.05) is 6.07 Å². The van der Waals surface area contributed by atoms with Gasteiger partial charge >= 0.3 is 11.9 Å². The molecule has 0 fully saturated rings. The van der Waals surface area contributed by atoms with Gasteiger partial charge in [0.1, 0.15) is 11.3 Å². The molecule has 0 saturated carbocycles. The third-order valence-corrected chi connectivity index (χ3v) is 2.53. The standard InChI is InChI=1S/C12H15NO5/c1-6-3-7(9(13)5-10(14)18-2)11(15)8(4-6)12(16)17/h3-4,9,15H,5,13H2,1-2H3,(H,16,17)/t9-/m0/s1. The number of ether oxygens (including phenoxy) is 1. The fourth-order valence-electron chi connectivity index (χ4n) is 1.63. The van der Waals surface area contributed by atoms with E-state index in [1.54, 1.807) is 13.0 Å². The van der Waals surface area contributed by atoms with Gasteiger partial charge < -0.3 is 20.7 Å². The van der Waals surface area contributed by atoms with Crippen LogP contribution in [0.5, 0.6) is 5.75 Å². The molecule has 0 aliphatic carbocycles. The van der Waals surface area contributed by atoms with E-state index in [0.29, 0.717) is 5.56 Å².